The van der Waals surface area contributed by atoms with E-state index in [9.17, 15) is 22.4 Å². The Hall–Kier alpha value is -3.78. The van der Waals surface area contributed by atoms with E-state index in [1.54, 1.807) is 37.3 Å². The maximum atomic E-state index is 14.0. The molecule has 0 radical (unpaired) electrons. The number of hydrogen-bond donors (Lipinski definition) is 1. The first-order chi connectivity index (χ1) is 15.7. The summed E-state index contributed by atoms with van der Waals surface area (Å²) in [5, 5.41) is 2.61. The van der Waals surface area contributed by atoms with Crippen LogP contribution in [-0.2, 0) is 21.2 Å². The van der Waals surface area contributed by atoms with Crippen molar-refractivity contribution in [3.63, 3.8) is 0 Å². The highest BCUT2D eigenvalue weighted by molar-refractivity contribution is 7.91. The highest BCUT2D eigenvalue weighted by Crippen LogP contribution is 2.24. The predicted molar refractivity (Wildman–Crippen MR) is 125 cm³/mol. The van der Waals surface area contributed by atoms with Gasteiger partial charge >= 0.3 is 0 Å². The Morgan fingerprint density at radius 1 is 0.970 bits per heavy atom. The summed E-state index contributed by atoms with van der Waals surface area (Å²) < 4.78 is 42.1. The summed E-state index contributed by atoms with van der Waals surface area (Å²) in [7, 11) is -4.22. The van der Waals surface area contributed by atoms with Gasteiger partial charge < -0.3 is 9.88 Å². The fourth-order valence-electron chi connectivity index (χ4n) is 3.55. The van der Waals surface area contributed by atoms with Gasteiger partial charge in [-0.1, -0.05) is 24.3 Å². The zero-order valence-corrected chi connectivity index (χ0v) is 18.8. The van der Waals surface area contributed by atoms with E-state index in [4.69, 9.17) is 0 Å². The lowest BCUT2D eigenvalue weighted by molar-refractivity contribution is -0.116. The number of carbonyl (C=O) groups excluding carboxylic acids is 1. The number of para-hydroxylation sites is 1. The molecule has 1 aromatic heterocycles. The molecule has 1 amide bonds. The fourth-order valence-corrected chi connectivity index (χ4v) is 5.00. The Labute approximate surface area is 190 Å². The van der Waals surface area contributed by atoms with Gasteiger partial charge in [0.1, 0.15) is 17.3 Å². The van der Waals surface area contributed by atoms with Gasteiger partial charge in [0.05, 0.1) is 10.4 Å². The molecule has 168 valence electrons. The van der Waals surface area contributed by atoms with Crippen LogP contribution in [0, 0.1) is 19.7 Å². The number of hydrogen-bond acceptors (Lipinski definition) is 4. The van der Waals surface area contributed by atoms with Gasteiger partial charge in [-0.25, -0.2) is 12.8 Å². The van der Waals surface area contributed by atoms with Crippen LogP contribution in [0.3, 0.4) is 0 Å². The van der Waals surface area contributed by atoms with Crippen molar-refractivity contribution >= 4 is 32.3 Å². The van der Waals surface area contributed by atoms with E-state index in [2.05, 4.69) is 5.32 Å². The second-order valence-electron chi connectivity index (χ2n) is 7.78. The molecular weight excluding hydrogens is 443 g/mol. The molecule has 33 heavy (non-hydrogen) atoms. The number of benzene rings is 3. The second-order valence-corrected chi connectivity index (χ2v) is 9.69. The van der Waals surface area contributed by atoms with Crippen molar-refractivity contribution < 1.29 is 17.6 Å². The molecule has 8 heteroatoms. The summed E-state index contributed by atoms with van der Waals surface area (Å²) in [5.74, 6) is -1.11. The predicted octanol–water partition coefficient (Wildman–Crippen LogP) is 4.23. The molecule has 4 aromatic rings. The van der Waals surface area contributed by atoms with Gasteiger partial charge in [0.25, 0.3) is 0 Å². The van der Waals surface area contributed by atoms with Crippen LogP contribution in [-0.4, -0.2) is 18.9 Å². The van der Waals surface area contributed by atoms with Crippen molar-refractivity contribution in [1.82, 2.24) is 4.57 Å². The number of anilines is 1. The molecule has 0 fully saturated rings. The Bertz CT molecular complexity index is 1540. The van der Waals surface area contributed by atoms with Crippen molar-refractivity contribution in [2.45, 2.75) is 30.2 Å². The first kappa shape index (κ1) is 22.4. The zero-order valence-electron chi connectivity index (χ0n) is 18.0. The number of rotatable bonds is 5. The zero-order chi connectivity index (χ0) is 23.8. The average molecular weight is 465 g/mol. The number of aryl methyl sites for hydroxylation is 2. The smallest absolute Gasteiger partial charge is 0.244 e. The van der Waals surface area contributed by atoms with Crippen LogP contribution in [0.2, 0.25) is 0 Å². The van der Waals surface area contributed by atoms with Crippen LogP contribution < -0.4 is 10.7 Å². The van der Waals surface area contributed by atoms with Crippen molar-refractivity contribution in [3.8, 4) is 0 Å². The van der Waals surface area contributed by atoms with Crippen molar-refractivity contribution in [1.29, 1.82) is 0 Å². The molecule has 6 nitrogen and oxygen atoms in total. The Morgan fingerprint density at radius 2 is 1.70 bits per heavy atom. The van der Waals surface area contributed by atoms with Gasteiger partial charge in [-0.3, -0.25) is 9.59 Å². The molecule has 1 N–H and O–H groups in total. The third-order valence-electron chi connectivity index (χ3n) is 5.46. The van der Waals surface area contributed by atoms with E-state index in [1.807, 2.05) is 13.0 Å². The maximum absolute atomic E-state index is 14.0. The number of halogens is 1. The van der Waals surface area contributed by atoms with Crippen molar-refractivity contribution in [3.05, 3.63) is 100 Å². The minimum atomic E-state index is -4.22. The summed E-state index contributed by atoms with van der Waals surface area (Å²) in [6, 6.07) is 16.9. The van der Waals surface area contributed by atoms with E-state index in [0.29, 0.717) is 5.69 Å². The topological polar surface area (TPSA) is 85.2 Å². The third-order valence-corrected chi connectivity index (χ3v) is 7.20. The van der Waals surface area contributed by atoms with Crippen LogP contribution in [0.5, 0.6) is 0 Å². The molecule has 3 aromatic carbocycles. The van der Waals surface area contributed by atoms with Gasteiger partial charge in [-0.2, -0.15) is 0 Å². The van der Waals surface area contributed by atoms with E-state index >= 15 is 0 Å². The molecular formula is C25H21FN2O4S. The summed E-state index contributed by atoms with van der Waals surface area (Å²) in [6.45, 7) is 3.35. The minimum Gasteiger partial charge on any atom is -0.336 e. The minimum absolute atomic E-state index is 0.0428. The SMILES string of the molecule is Cc1ccc(S(=O)(=O)c2cn(CC(=O)Nc3ccccc3)c3ccc(F)cc3c2=O)cc1C. The number of pyridine rings is 1. The van der Waals surface area contributed by atoms with Gasteiger partial charge in [-0.15, -0.1) is 0 Å². The Balaban J connectivity index is 1.85. The third kappa shape index (κ3) is 4.42. The van der Waals surface area contributed by atoms with E-state index in [-0.39, 0.29) is 22.3 Å². The Morgan fingerprint density at radius 3 is 2.39 bits per heavy atom. The summed E-state index contributed by atoms with van der Waals surface area (Å²) in [4.78, 5) is 25.2. The largest absolute Gasteiger partial charge is 0.336 e. The number of aromatic nitrogens is 1. The van der Waals surface area contributed by atoms with E-state index in [1.165, 1.54) is 22.8 Å². The lowest BCUT2D eigenvalue weighted by atomic mass is 10.1. The molecule has 0 atom stereocenters. The maximum Gasteiger partial charge on any atom is 0.244 e. The molecule has 0 unspecified atom stereocenters. The second kappa shape index (κ2) is 8.63. The summed E-state index contributed by atoms with van der Waals surface area (Å²) in [6.07, 6.45) is 1.15. The Kier molecular flexibility index (Phi) is 5.86. The molecule has 0 aliphatic rings. The van der Waals surface area contributed by atoms with Crippen molar-refractivity contribution in [2.75, 3.05) is 5.32 Å². The normalized spacial score (nSPS) is 11.5. The monoisotopic (exact) mass is 464 g/mol. The van der Waals surface area contributed by atoms with Gasteiger partial charge in [0.2, 0.25) is 21.2 Å². The van der Waals surface area contributed by atoms with Crippen LogP contribution in [0.15, 0.2) is 87.5 Å². The van der Waals surface area contributed by atoms with Crippen LogP contribution in [0.1, 0.15) is 11.1 Å². The van der Waals surface area contributed by atoms with Gasteiger partial charge in [-0.05, 0) is 67.4 Å². The van der Waals surface area contributed by atoms with Gasteiger partial charge in [0.15, 0.2) is 0 Å². The first-order valence-electron chi connectivity index (χ1n) is 10.2. The van der Waals surface area contributed by atoms with Gasteiger partial charge in [0, 0.05) is 17.3 Å². The standard InChI is InChI=1S/C25H21FN2O4S/c1-16-8-10-20(12-17(16)2)33(31,32)23-14-28(15-24(29)27-19-6-4-3-5-7-19)22-11-9-18(26)13-21(22)25(23)30/h3-14H,15H2,1-2H3,(H,27,29). The van der Waals surface area contributed by atoms with Crippen LogP contribution >= 0.6 is 0 Å². The highest BCUT2D eigenvalue weighted by atomic mass is 32.2. The van der Waals surface area contributed by atoms with E-state index in [0.717, 1.165) is 29.5 Å². The molecule has 0 saturated carbocycles. The molecule has 0 aliphatic heterocycles. The first-order valence-corrected chi connectivity index (χ1v) is 11.6. The number of sulfone groups is 1. The molecule has 0 saturated heterocycles. The molecule has 0 aliphatic carbocycles. The average Bonchev–Trinajstić information content (AvgIpc) is 2.78. The number of nitrogens with zero attached hydrogens (tertiary/aromatic N) is 1. The lowest BCUT2D eigenvalue weighted by Gasteiger charge is -2.14. The van der Waals surface area contributed by atoms with E-state index < -0.39 is 31.9 Å². The fraction of sp³-hybridized carbons (Fsp3) is 0.120. The highest BCUT2D eigenvalue weighted by Gasteiger charge is 2.25. The number of amides is 1. The number of fused-ring (bicyclic) bond motifs is 1. The number of carbonyl (C=O) groups is 1. The van der Waals surface area contributed by atoms with Crippen LogP contribution in [0.25, 0.3) is 10.9 Å². The quantitative estimate of drug-likeness (QED) is 0.479. The molecule has 0 spiro atoms. The molecule has 0 bridgehead atoms. The summed E-state index contributed by atoms with van der Waals surface area (Å²) >= 11 is 0. The molecule has 4 rings (SSSR count). The number of nitrogens with one attached hydrogen (secondary N) is 1. The van der Waals surface area contributed by atoms with Crippen LogP contribution in [0.4, 0.5) is 10.1 Å². The summed E-state index contributed by atoms with van der Waals surface area (Å²) in [5.41, 5.74) is 1.67. The van der Waals surface area contributed by atoms with Crippen molar-refractivity contribution in [2.24, 2.45) is 0 Å². The molecule has 1 heterocycles. The lowest BCUT2D eigenvalue weighted by Crippen LogP contribution is -2.24.